The van der Waals surface area contributed by atoms with Gasteiger partial charge in [-0.1, -0.05) is 6.92 Å². The Morgan fingerprint density at radius 3 is 2.59 bits per heavy atom. The molecule has 0 aromatic carbocycles. The minimum atomic E-state index is -4.20. The van der Waals surface area contributed by atoms with Gasteiger partial charge in [0.1, 0.15) is 6.54 Å². The van der Waals surface area contributed by atoms with Crippen molar-refractivity contribution in [1.29, 1.82) is 0 Å². The van der Waals surface area contributed by atoms with Crippen molar-refractivity contribution in [2.45, 2.75) is 19.5 Å². The molecule has 1 aromatic heterocycles. The summed E-state index contributed by atoms with van der Waals surface area (Å²) in [5.74, 6) is 0. The summed E-state index contributed by atoms with van der Waals surface area (Å²) in [6.45, 7) is 1.25. The minimum absolute atomic E-state index is 0.356. The average molecular weight is 247 g/mol. The van der Waals surface area contributed by atoms with E-state index in [1.54, 1.807) is 19.3 Å². The Bertz CT molecular complexity index is 352. The van der Waals surface area contributed by atoms with E-state index < -0.39 is 12.7 Å². The van der Waals surface area contributed by atoms with Gasteiger partial charge in [0.05, 0.1) is 23.8 Å². The smallest absolute Gasteiger partial charge is 0.387 e. The van der Waals surface area contributed by atoms with Gasteiger partial charge in [-0.15, -0.1) is 0 Å². The molecule has 0 unspecified atom stereocenters. The van der Waals surface area contributed by atoms with Crippen molar-refractivity contribution in [3.05, 3.63) is 18.5 Å². The van der Waals surface area contributed by atoms with Crippen LogP contribution in [0.5, 0.6) is 0 Å². The van der Waals surface area contributed by atoms with Crippen molar-refractivity contribution < 1.29 is 13.2 Å². The maximum Gasteiger partial charge on any atom is 0.405 e. The second kappa shape index (κ2) is 5.75. The first-order valence-corrected chi connectivity index (χ1v) is 5.40. The number of halogens is 3. The predicted octanol–water partition coefficient (Wildman–Crippen LogP) is 2.90. The first kappa shape index (κ1) is 13.6. The third-order valence-corrected chi connectivity index (χ3v) is 2.24. The molecular weight excluding hydrogens is 231 g/mol. The van der Waals surface area contributed by atoms with Crippen LogP contribution in [-0.4, -0.2) is 31.3 Å². The first-order chi connectivity index (χ1) is 7.96. The lowest BCUT2D eigenvalue weighted by Gasteiger charge is -2.25. The van der Waals surface area contributed by atoms with E-state index >= 15 is 0 Å². The van der Waals surface area contributed by atoms with Crippen LogP contribution in [0.25, 0.3) is 0 Å². The van der Waals surface area contributed by atoms with Crippen LogP contribution in [0.3, 0.4) is 0 Å². The van der Waals surface area contributed by atoms with E-state index in [9.17, 15) is 13.2 Å². The van der Waals surface area contributed by atoms with Gasteiger partial charge in [-0.05, 0) is 12.5 Å². The van der Waals surface area contributed by atoms with Crippen LogP contribution in [0.1, 0.15) is 13.3 Å². The second-order valence-corrected chi connectivity index (χ2v) is 3.72. The van der Waals surface area contributed by atoms with E-state index in [1.807, 2.05) is 6.92 Å². The van der Waals surface area contributed by atoms with Crippen LogP contribution in [-0.2, 0) is 0 Å². The van der Waals surface area contributed by atoms with Gasteiger partial charge in [0.25, 0.3) is 0 Å². The van der Waals surface area contributed by atoms with E-state index in [-0.39, 0.29) is 0 Å². The minimum Gasteiger partial charge on any atom is -0.387 e. The van der Waals surface area contributed by atoms with Crippen molar-refractivity contribution in [1.82, 2.24) is 4.98 Å². The van der Waals surface area contributed by atoms with E-state index in [4.69, 9.17) is 0 Å². The third-order valence-electron chi connectivity index (χ3n) is 2.24. The molecule has 0 saturated heterocycles. The zero-order valence-corrected chi connectivity index (χ0v) is 9.88. The van der Waals surface area contributed by atoms with Gasteiger partial charge in [0.15, 0.2) is 0 Å². The molecule has 96 valence electrons. The molecule has 1 rings (SSSR count). The highest BCUT2D eigenvalue weighted by molar-refractivity contribution is 5.55. The molecule has 0 saturated carbocycles. The highest BCUT2D eigenvalue weighted by Gasteiger charge is 2.30. The van der Waals surface area contributed by atoms with Crippen molar-refractivity contribution in [3.63, 3.8) is 0 Å². The molecule has 0 aliphatic carbocycles. The van der Waals surface area contributed by atoms with Gasteiger partial charge in [-0.25, -0.2) is 0 Å². The molecule has 1 aromatic rings. The summed E-state index contributed by atoms with van der Waals surface area (Å²) in [7, 11) is 1.70. The molecule has 0 aliphatic heterocycles. The summed E-state index contributed by atoms with van der Waals surface area (Å²) in [5, 5.41) is 2.86. The van der Waals surface area contributed by atoms with Gasteiger partial charge in [-0.3, -0.25) is 4.98 Å². The first-order valence-electron chi connectivity index (χ1n) is 5.40. The maximum absolute atomic E-state index is 12.4. The fraction of sp³-hybridized carbons (Fsp3) is 0.545. The number of hydrogen-bond donors (Lipinski definition) is 1. The molecule has 6 heteroatoms. The lowest BCUT2D eigenvalue weighted by molar-refractivity contribution is -0.119. The summed E-state index contributed by atoms with van der Waals surface area (Å²) in [6.07, 6.45) is -0.534. The van der Waals surface area contributed by atoms with Gasteiger partial charge < -0.3 is 10.2 Å². The third kappa shape index (κ3) is 4.50. The molecule has 0 bridgehead atoms. The molecule has 0 radical (unpaired) electrons. The zero-order valence-electron chi connectivity index (χ0n) is 9.88. The standard InChI is InChI=1S/C11H16F3N3/c1-3-4-17(8-11(12,13)14)10-5-9(15-2)6-16-7-10/h5-7,15H,3-4,8H2,1-2H3. The Labute approximate surface area is 98.6 Å². The number of pyridine rings is 1. The number of aromatic nitrogens is 1. The summed E-state index contributed by atoms with van der Waals surface area (Å²) in [6, 6.07) is 1.66. The topological polar surface area (TPSA) is 28.2 Å². The Balaban J connectivity index is 2.88. The van der Waals surface area contributed by atoms with E-state index in [0.29, 0.717) is 24.3 Å². The maximum atomic E-state index is 12.4. The average Bonchev–Trinajstić information content (AvgIpc) is 2.27. The molecule has 3 nitrogen and oxygen atoms in total. The van der Waals surface area contributed by atoms with Crippen LogP contribution in [0, 0.1) is 0 Å². The van der Waals surface area contributed by atoms with Crippen molar-refractivity contribution >= 4 is 11.4 Å². The lowest BCUT2D eigenvalue weighted by atomic mass is 10.3. The molecular formula is C11H16F3N3. The molecule has 0 atom stereocenters. The Morgan fingerprint density at radius 1 is 1.35 bits per heavy atom. The largest absolute Gasteiger partial charge is 0.405 e. The quantitative estimate of drug-likeness (QED) is 0.867. The van der Waals surface area contributed by atoms with Crippen LogP contribution < -0.4 is 10.2 Å². The number of nitrogens with zero attached hydrogens (tertiary/aromatic N) is 2. The number of hydrogen-bond acceptors (Lipinski definition) is 3. The van der Waals surface area contributed by atoms with Gasteiger partial charge in [-0.2, -0.15) is 13.2 Å². The van der Waals surface area contributed by atoms with Crippen LogP contribution in [0.15, 0.2) is 18.5 Å². The SMILES string of the molecule is CCCN(CC(F)(F)F)c1cncc(NC)c1. The predicted molar refractivity (Wildman–Crippen MR) is 62.3 cm³/mol. The summed E-state index contributed by atoms with van der Waals surface area (Å²) in [5.41, 5.74) is 1.18. The van der Waals surface area contributed by atoms with Crippen LogP contribution in [0.2, 0.25) is 0 Å². The molecule has 0 aliphatic rings. The van der Waals surface area contributed by atoms with E-state index in [0.717, 1.165) is 0 Å². The number of nitrogens with one attached hydrogen (secondary N) is 1. The van der Waals surface area contributed by atoms with Crippen molar-refractivity contribution in [2.75, 3.05) is 30.4 Å². The Hall–Kier alpha value is -1.46. The van der Waals surface area contributed by atoms with E-state index in [1.165, 1.54) is 11.1 Å². The number of rotatable bonds is 5. The van der Waals surface area contributed by atoms with Crippen molar-refractivity contribution in [3.8, 4) is 0 Å². The zero-order chi connectivity index (χ0) is 12.9. The summed E-state index contributed by atoms with van der Waals surface area (Å²) < 4.78 is 37.3. The summed E-state index contributed by atoms with van der Waals surface area (Å²) in [4.78, 5) is 5.20. The van der Waals surface area contributed by atoms with Crippen LogP contribution in [0.4, 0.5) is 24.5 Å². The number of alkyl halides is 3. The lowest BCUT2D eigenvalue weighted by Crippen LogP contribution is -2.34. The summed E-state index contributed by atoms with van der Waals surface area (Å²) >= 11 is 0. The molecule has 1 N–H and O–H groups in total. The molecule has 17 heavy (non-hydrogen) atoms. The van der Waals surface area contributed by atoms with E-state index in [2.05, 4.69) is 10.3 Å². The van der Waals surface area contributed by atoms with Gasteiger partial charge >= 0.3 is 6.18 Å². The molecule has 1 heterocycles. The van der Waals surface area contributed by atoms with Gasteiger partial charge in [0, 0.05) is 13.6 Å². The van der Waals surface area contributed by atoms with Crippen LogP contribution >= 0.6 is 0 Å². The fourth-order valence-corrected chi connectivity index (χ4v) is 1.52. The normalized spacial score (nSPS) is 11.4. The fourth-order valence-electron chi connectivity index (χ4n) is 1.52. The number of anilines is 2. The van der Waals surface area contributed by atoms with Gasteiger partial charge in [0.2, 0.25) is 0 Å². The Morgan fingerprint density at radius 2 is 2.06 bits per heavy atom. The molecule has 0 fully saturated rings. The Kier molecular flexibility index (Phi) is 4.60. The highest BCUT2D eigenvalue weighted by atomic mass is 19.4. The second-order valence-electron chi connectivity index (χ2n) is 3.72. The monoisotopic (exact) mass is 247 g/mol. The van der Waals surface area contributed by atoms with Crippen molar-refractivity contribution in [2.24, 2.45) is 0 Å². The molecule has 0 amide bonds. The molecule has 0 spiro atoms. The highest BCUT2D eigenvalue weighted by Crippen LogP contribution is 2.23.